The summed E-state index contributed by atoms with van der Waals surface area (Å²) in [5, 5.41) is 19.9. The van der Waals surface area contributed by atoms with E-state index in [1.807, 2.05) is 0 Å². The molecule has 40 heavy (non-hydrogen) atoms. The number of hydrogen-bond acceptors (Lipinski definition) is 2. The Hall–Kier alpha value is -1.12. The Kier molecular flexibility index (Phi) is 6.90. The van der Waals surface area contributed by atoms with Gasteiger partial charge in [-0.25, -0.2) is 0 Å². The van der Waals surface area contributed by atoms with Crippen molar-refractivity contribution < 1.29 is 10.2 Å². The Morgan fingerprint density at radius 2 is 1.68 bits per heavy atom. The number of aliphatic hydroxyl groups is 2. The molecule has 0 saturated heterocycles. The fourth-order valence-electron chi connectivity index (χ4n) is 12.4. The molecule has 8 rings (SSSR count). The van der Waals surface area contributed by atoms with E-state index >= 15 is 0 Å². The van der Waals surface area contributed by atoms with Crippen molar-refractivity contribution in [3.8, 4) is 0 Å². The molecule has 2 nitrogen and oxygen atoms in total. The van der Waals surface area contributed by atoms with Crippen LogP contribution in [0.1, 0.15) is 117 Å². The van der Waals surface area contributed by atoms with E-state index in [4.69, 9.17) is 0 Å². The molecule has 0 aliphatic heterocycles. The standard InChI is InChI=1S/2C19H28O/c1-18-9-3-4-16(18)15-6-5-13-12-14(20)7-11-19(13,2)17(15)8-10-18;1-18-10-3-2-5-14(18)7-8-15-16(18)9-12-19(13-20)11-4-6-17(15)19/h3,5,9,14-17,20H,4,6-8,10-12H2,1-2H3;4,6,11,14-16,20H,2-3,5,7-10,12-13H2,1H3/t14?,15-,16-,17-,18-,19-;14?,15-,16+,18+,19+/m01/s1. The van der Waals surface area contributed by atoms with Crippen molar-refractivity contribution in [1.29, 1.82) is 0 Å². The molecule has 0 spiro atoms. The summed E-state index contributed by atoms with van der Waals surface area (Å²) in [4.78, 5) is 0. The first-order valence-corrected chi connectivity index (χ1v) is 17.3. The average molecular weight is 545 g/mol. The van der Waals surface area contributed by atoms with Crippen LogP contribution in [0.3, 0.4) is 0 Å². The van der Waals surface area contributed by atoms with E-state index in [1.165, 1.54) is 83.5 Å². The summed E-state index contributed by atoms with van der Waals surface area (Å²) < 4.78 is 0. The van der Waals surface area contributed by atoms with Crippen molar-refractivity contribution >= 4 is 0 Å². The number of aliphatic hydroxyl groups excluding tert-OH is 2. The van der Waals surface area contributed by atoms with Gasteiger partial charge in [0.1, 0.15) is 0 Å². The highest BCUT2D eigenvalue weighted by molar-refractivity contribution is 5.39. The van der Waals surface area contributed by atoms with Gasteiger partial charge in [-0.2, -0.15) is 0 Å². The van der Waals surface area contributed by atoms with E-state index in [0.717, 1.165) is 48.3 Å². The number of fused-ring (bicyclic) bond motifs is 10. The Labute approximate surface area is 244 Å². The van der Waals surface area contributed by atoms with Gasteiger partial charge < -0.3 is 10.2 Å². The monoisotopic (exact) mass is 544 g/mol. The van der Waals surface area contributed by atoms with E-state index in [-0.39, 0.29) is 11.5 Å². The fraction of sp³-hybridized carbons (Fsp3) is 0.789. The van der Waals surface area contributed by atoms with Crippen molar-refractivity contribution in [3.05, 3.63) is 47.6 Å². The zero-order valence-corrected chi connectivity index (χ0v) is 25.7. The third kappa shape index (κ3) is 4.08. The molecule has 8 aliphatic carbocycles. The Morgan fingerprint density at radius 1 is 0.825 bits per heavy atom. The van der Waals surface area contributed by atoms with Gasteiger partial charge in [-0.1, -0.05) is 81.2 Å². The molecule has 0 aromatic heterocycles. The molecule has 0 heterocycles. The Balaban J connectivity index is 0.000000132. The predicted octanol–water partition coefficient (Wildman–Crippen LogP) is 8.95. The van der Waals surface area contributed by atoms with Crippen LogP contribution >= 0.6 is 0 Å². The largest absolute Gasteiger partial charge is 0.395 e. The first kappa shape index (κ1) is 27.7. The highest BCUT2D eigenvalue weighted by Gasteiger charge is 2.56. The van der Waals surface area contributed by atoms with Crippen LogP contribution in [-0.2, 0) is 0 Å². The highest BCUT2D eigenvalue weighted by Crippen LogP contribution is 2.65. The van der Waals surface area contributed by atoms with Gasteiger partial charge in [-0.3, -0.25) is 0 Å². The molecule has 0 bridgehead atoms. The van der Waals surface area contributed by atoms with Crippen LogP contribution in [0.15, 0.2) is 47.6 Å². The van der Waals surface area contributed by atoms with E-state index in [0.29, 0.717) is 22.9 Å². The molecule has 5 fully saturated rings. The number of allylic oxidation sites excluding steroid dienone is 5. The molecule has 0 amide bonds. The maximum atomic E-state index is 10.00. The molecule has 0 aromatic rings. The van der Waals surface area contributed by atoms with Crippen LogP contribution in [0.2, 0.25) is 0 Å². The minimum Gasteiger partial charge on any atom is -0.395 e. The summed E-state index contributed by atoms with van der Waals surface area (Å²) in [6, 6.07) is 0. The summed E-state index contributed by atoms with van der Waals surface area (Å²) in [5.41, 5.74) is 4.67. The lowest BCUT2D eigenvalue weighted by Gasteiger charge is -2.58. The number of rotatable bonds is 1. The number of hydrogen-bond donors (Lipinski definition) is 2. The van der Waals surface area contributed by atoms with Crippen LogP contribution in [0.5, 0.6) is 0 Å². The van der Waals surface area contributed by atoms with Gasteiger partial charge in [0, 0.05) is 5.41 Å². The molecule has 8 aliphatic rings. The minimum absolute atomic E-state index is 0.0268. The van der Waals surface area contributed by atoms with Gasteiger partial charge in [-0.15, -0.1) is 0 Å². The molecule has 2 unspecified atom stereocenters. The summed E-state index contributed by atoms with van der Waals surface area (Å²) >= 11 is 0. The maximum Gasteiger partial charge on any atom is 0.0577 e. The minimum atomic E-state index is -0.0760. The summed E-state index contributed by atoms with van der Waals surface area (Å²) in [5.74, 6) is 5.25. The predicted molar refractivity (Wildman–Crippen MR) is 164 cm³/mol. The first-order chi connectivity index (χ1) is 19.2. The Bertz CT molecular complexity index is 1110. The zero-order chi connectivity index (χ0) is 27.8. The highest BCUT2D eigenvalue weighted by atomic mass is 16.3. The van der Waals surface area contributed by atoms with Crippen molar-refractivity contribution in [2.45, 2.75) is 123 Å². The smallest absolute Gasteiger partial charge is 0.0577 e. The molecular formula is C38H56O2. The quantitative estimate of drug-likeness (QED) is 0.323. The zero-order valence-electron chi connectivity index (χ0n) is 25.7. The summed E-state index contributed by atoms with van der Waals surface area (Å²) in [7, 11) is 0. The first-order valence-electron chi connectivity index (χ1n) is 17.3. The van der Waals surface area contributed by atoms with Crippen LogP contribution in [0.4, 0.5) is 0 Å². The van der Waals surface area contributed by atoms with Gasteiger partial charge in [-0.05, 0) is 135 Å². The third-order valence-corrected chi connectivity index (χ3v) is 14.9. The fourth-order valence-corrected chi connectivity index (χ4v) is 12.4. The molecule has 220 valence electrons. The van der Waals surface area contributed by atoms with Crippen molar-refractivity contribution in [2.75, 3.05) is 6.61 Å². The van der Waals surface area contributed by atoms with Gasteiger partial charge in [0.15, 0.2) is 0 Å². The van der Waals surface area contributed by atoms with Gasteiger partial charge in [0.2, 0.25) is 0 Å². The van der Waals surface area contributed by atoms with E-state index < -0.39 is 0 Å². The van der Waals surface area contributed by atoms with Crippen LogP contribution in [0.25, 0.3) is 0 Å². The average Bonchev–Trinajstić information content (AvgIpc) is 3.57. The molecule has 2 N–H and O–H groups in total. The molecule has 2 heteroatoms. The lowest BCUT2D eigenvalue weighted by atomic mass is 9.46. The lowest BCUT2D eigenvalue weighted by Crippen LogP contribution is -2.50. The second-order valence-corrected chi connectivity index (χ2v) is 16.4. The molecular weight excluding hydrogens is 488 g/mol. The van der Waals surface area contributed by atoms with Gasteiger partial charge >= 0.3 is 0 Å². The van der Waals surface area contributed by atoms with Crippen LogP contribution in [0, 0.1) is 57.2 Å². The van der Waals surface area contributed by atoms with Crippen LogP contribution < -0.4 is 0 Å². The second kappa shape index (κ2) is 9.97. The van der Waals surface area contributed by atoms with Crippen molar-refractivity contribution in [1.82, 2.24) is 0 Å². The normalized spacial score (nSPS) is 52.0. The summed E-state index contributed by atoms with van der Waals surface area (Å²) in [6.45, 7) is 7.91. The molecule has 0 aromatic carbocycles. The topological polar surface area (TPSA) is 40.5 Å². The Morgan fingerprint density at radius 3 is 2.52 bits per heavy atom. The summed E-state index contributed by atoms with van der Waals surface area (Å²) in [6.07, 6.45) is 33.9. The van der Waals surface area contributed by atoms with Gasteiger partial charge in [0.05, 0.1) is 12.7 Å². The second-order valence-electron chi connectivity index (χ2n) is 16.4. The third-order valence-electron chi connectivity index (χ3n) is 14.9. The van der Waals surface area contributed by atoms with Gasteiger partial charge in [0.25, 0.3) is 0 Å². The van der Waals surface area contributed by atoms with Crippen molar-refractivity contribution in [3.63, 3.8) is 0 Å². The van der Waals surface area contributed by atoms with E-state index in [2.05, 4.69) is 57.2 Å². The molecule has 5 saturated carbocycles. The lowest BCUT2D eigenvalue weighted by molar-refractivity contribution is -0.0530. The van der Waals surface area contributed by atoms with E-state index in [1.54, 1.807) is 11.1 Å². The molecule has 0 radical (unpaired) electrons. The maximum absolute atomic E-state index is 10.00. The SMILES string of the molecule is C[C@@]12C=CC[C@H]1[C@@H]1CC=C3CC(O)CC[C@]3(C)[C@H]1CC2.C[C@]12CCCCC1CC[C@H]1C3=CC=C[C@@]3(CO)CC[C@@H]12. The van der Waals surface area contributed by atoms with Crippen molar-refractivity contribution in [2.24, 2.45) is 57.2 Å². The molecule has 11 atom stereocenters. The van der Waals surface area contributed by atoms with E-state index in [9.17, 15) is 10.2 Å². The van der Waals surface area contributed by atoms with Crippen LogP contribution in [-0.4, -0.2) is 22.9 Å².